The van der Waals surface area contributed by atoms with Gasteiger partial charge in [-0.25, -0.2) is 0 Å². The summed E-state index contributed by atoms with van der Waals surface area (Å²) in [6, 6.07) is 7.61. The molecule has 5 rings (SSSR count). The summed E-state index contributed by atoms with van der Waals surface area (Å²) in [6.45, 7) is 6.13. The lowest BCUT2D eigenvalue weighted by Gasteiger charge is -2.40. The van der Waals surface area contributed by atoms with Gasteiger partial charge in [-0.2, -0.15) is 0 Å². The Hall–Kier alpha value is -3.50. The Bertz CT molecular complexity index is 1240. The summed E-state index contributed by atoms with van der Waals surface area (Å²) in [5.74, 6) is -3.27. The minimum atomic E-state index is -1.37. The molecule has 0 unspecified atom stereocenters. The van der Waals surface area contributed by atoms with Crippen LogP contribution in [0, 0.1) is 11.8 Å². The zero-order valence-corrected chi connectivity index (χ0v) is 23.8. The molecular formula is C31H39N3O7. The number of esters is 1. The first-order chi connectivity index (χ1) is 19.6. The Balaban J connectivity index is 1.59. The molecular weight excluding hydrogens is 526 g/mol. The number of benzene rings is 1. The van der Waals surface area contributed by atoms with Crippen molar-refractivity contribution in [3.05, 3.63) is 60.2 Å². The average molecular weight is 566 g/mol. The van der Waals surface area contributed by atoms with Crippen LogP contribution >= 0.6 is 0 Å². The van der Waals surface area contributed by atoms with Crippen molar-refractivity contribution in [1.29, 1.82) is 0 Å². The highest BCUT2D eigenvalue weighted by Gasteiger charge is 2.71. The van der Waals surface area contributed by atoms with Gasteiger partial charge < -0.3 is 29.7 Å². The number of carbonyl (C=O) groups excluding carboxylic acids is 4. The van der Waals surface area contributed by atoms with Gasteiger partial charge in [-0.05, 0) is 39.2 Å². The summed E-state index contributed by atoms with van der Waals surface area (Å²) in [7, 11) is 0. The number of carbonyl (C=O) groups is 4. The summed E-state index contributed by atoms with van der Waals surface area (Å²) < 4.78 is 12.2. The van der Waals surface area contributed by atoms with Crippen molar-refractivity contribution >= 4 is 23.7 Å². The smallest absolute Gasteiger partial charge is 0.306 e. The molecule has 10 heteroatoms. The van der Waals surface area contributed by atoms with Crippen LogP contribution in [0.2, 0.25) is 0 Å². The molecule has 2 N–H and O–H groups in total. The van der Waals surface area contributed by atoms with E-state index in [1.54, 1.807) is 23.1 Å². The minimum Gasteiger partial charge on any atom is -0.463 e. The topological polar surface area (TPSA) is 125 Å². The van der Waals surface area contributed by atoms with Crippen molar-refractivity contribution < 1.29 is 33.8 Å². The molecule has 2 fully saturated rings. The van der Waals surface area contributed by atoms with Crippen molar-refractivity contribution in [3.63, 3.8) is 0 Å². The fourth-order valence-corrected chi connectivity index (χ4v) is 6.52. The van der Waals surface area contributed by atoms with Gasteiger partial charge in [0.15, 0.2) is 0 Å². The number of rotatable bonds is 4. The maximum absolute atomic E-state index is 14.2. The van der Waals surface area contributed by atoms with Gasteiger partial charge >= 0.3 is 5.97 Å². The number of likely N-dealkylation sites (tertiary alicyclic amines) is 1. The van der Waals surface area contributed by atoms with Crippen molar-refractivity contribution in [3.8, 4) is 0 Å². The van der Waals surface area contributed by atoms with Crippen LogP contribution in [0.1, 0.15) is 51.6 Å². The SMILES string of the molecule is CC(C)(C)N1CC=C[C@]23O[C@@H]4/C=C\CCC(=O)OC[C@@H](c5ccccc5)NC(=O)[C@@H]4[C@H]2C(=O)N(CCCO)[C@@H]3C1=O. The molecule has 4 aliphatic rings. The highest BCUT2D eigenvalue weighted by Crippen LogP contribution is 2.53. The largest absolute Gasteiger partial charge is 0.463 e. The summed E-state index contributed by atoms with van der Waals surface area (Å²) in [6.07, 6.45) is 7.20. The zero-order chi connectivity index (χ0) is 29.4. The quantitative estimate of drug-likeness (QED) is 0.422. The van der Waals surface area contributed by atoms with Crippen LogP contribution in [0.25, 0.3) is 0 Å². The number of fused-ring (bicyclic) bond motifs is 2. The van der Waals surface area contributed by atoms with E-state index in [0.717, 1.165) is 5.56 Å². The van der Waals surface area contributed by atoms with E-state index in [-0.39, 0.29) is 44.0 Å². The monoisotopic (exact) mass is 565 g/mol. The van der Waals surface area contributed by atoms with E-state index in [1.807, 2.05) is 57.2 Å². The molecule has 10 nitrogen and oxygen atoms in total. The normalized spacial score (nSPS) is 33.1. The maximum atomic E-state index is 14.2. The van der Waals surface area contributed by atoms with E-state index in [0.29, 0.717) is 19.4 Å². The van der Waals surface area contributed by atoms with E-state index in [9.17, 15) is 24.3 Å². The van der Waals surface area contributed by atoms with Crippen LogP contribution in [-0.4, -0.2) is 88.2 Å². The number of aliphatic hydroxyl groups excluding tert-OH is 1. The molecule has 0 bridgehead atoms. The summed E-state index contributed by atoms with van der Waals surface area (Å²) in [5.41, 5.74) is -1.12. The number of aliphatic hydroxyl groups is 1. The van der Waals surface area contributed by atoms with Crippen molar-refractivity contribution in [2.75, 3.05) is 26.3 Å². The second kappa shape index (κ2) is 11.4. The third-order valence-corrected chi connectivity index (χ3v) is 8.43. The number of allylic oxidation sites excluding steroid dienone is 1. The summed E-state index contributed by atoms with van der Waals surface area (Å²) >= 11 is 0. The molecule has 0 aliphatic carbocycles. The molecule has 6 atom stereocenters. The average Bonchev–Trinajstić information content (AvgIpc) is 3.31. The van der Waals surface area contributed by atoms with Crippen LogP contribution in [0.4, 0.5) is 0 Å². The number of cyclic esters (lactones) is 1. The van der Waals surface area contributed by atoms with Crippen LogP contribution in [0.3, 0.4) is 0 Å². The van der Waals surface area contributed by atoms with E-state index in [4.69, 9.17) is 9.47 Å². The van der Waals surface area contributed by atoms with Gasteiger partial charge in [0.05, 0.1) is 24.0 Å². The number of ether oxygens (including phenoxy) is 2. The third kappa shape index (κ3) is 5.30. The first-order valence-corrected chi connectivity index (χ1v) is 14.3. The molecule has 0 saturated carbocycles. The Labute approximate surface area is 240 Å². The van der Waals surface area contributed by atoms with Crippen LogP contribution in [0.15, 0.2) is 54.6 Å². The van der Waals surface area contributed by atoms with Gasteiger partial charge in [-0.15, -0.1) is 0 Å². The number of nitrogens with zero attached hydrogens (tertiary/aromatic N) is 2. The van der Waals surface area contributed by atoms with E-state index < -0.39 is 47.1 Å². The molecule has 1 aromatic carbocycles. The molecule has 4 heterocycles. The molecule has 1 spiro atoms. The van der Waals surface area contributed by atoms with Crippen molar-refractivity contribution in [2.24, 2.45) is 11.8 Å². The highest BCUT2D eigenvalue weighted by atomic mass is 16.5. The predicted molar refractivity (Wildman–Crippen MR) is 149 cm³/mol. The van der Waals surface area contributed by atoms with Crippen molar-refractivity contribution in [1.82, 2.24) is 15.1 Å². The molecule has 4 aliphatic heterocycles. The molecule has 1 aromatic rings. The first kappa shape index (κ1) is 29.0. The zero-order valence-electron chi connectivity index (χ0n) is 23.8. The van der Waals surface area contributed by atoms with Crippen LogP contribution in [0.5, 0.6) is 0 Å². The van der Waals surface area contributed by atoms with Gasteiger partial charge in [0, 0.05) is 31.7 Å². The Morgan fingerprint density at radius 3 is 2.54 bits per heavy atom. The molecule has 41 heavy (non-hydrogen) atoms. The van der Waals surface area contributed by atoms with Crippen molar-refractivity contribution in [2.45, 2.75) is 69.4 Å². The van der Waals surface area contributed by atoms with E-state index in [1.165, 1.54) is 4.90 Å². The fraction of sp³-hybridized carbons (Fsp3) is 0.548. The number of hydrogen-bond donors (Lipinski definition) is 2. The summed E-state index contributed by atoms with van der Waals surface area (Å²) in [5, 5.41) is 12.6. The Morgan fingerprint density at radius 2 is 1.83 bits per heavy atom. The molecule has 0 radical (unpaired) electrons. The van der Waals surface area contributed by atoms with Crippen LogP contribution < -0.4 is 5.32 Å². The van der Waals surface area contributed by atoms with Gasteiger partial charge in [0.1, 0.15) is 18.2 Å². The lowest BCUT2D eigenvalue weighted by Crippen LogP contribution is -2.58. The standard InChI is InChI=1S/C31H39N3O7/c1-30(2,3)34-17-9-15-31-25(28(38)33(16-10-18-35)26(31)29(34)39)24-22(41-31)13-7-8-14-23(36)40-19-21(32-27(24)37)20-11-5-4-6-12-20/h4-7,9,11-13,15,21-22,24-26,35H,8,10,14,16-19H2,1-3H3,(H,32,37)/b13-7-/t21-,22+,24-,25-,26+,31-/m0/s1. The Kier molecular flexibility index (Phi) is 8.07. The molecule has 220 valence electrons. The molecule has 3 amide bonds. The number of hydrogen-bond acceptors (Lipinski definition) is 7. The Morgan fingerprint density at radius 1 is 1.07 bits per heavy atom. The van der Waals surface area contributed by atoms with Gasteiger partial charge in [0.25, 0.3) is 0 Å². The minimum absolute atomic E-state index is 0.0511. The lowest BCUT2D eigenvalue weighted by molar-refractivity contribution is -0.151. The van der Waals surface area contributed by atoms with Gasteiger partial charge in [0.2, 0.25) is 17.7 Å². The number of amides is 3. The second-order valence-corrected chi connectivity index (χ2v) is 12.1. The van der Waals surface area contributed by atoms with Gasteiger partial charge in [-0.3, -0.25) is 19.2 Å². The van der Waals surface area contributed by atoms with Gasteiger partial charge in [-0.1, -0.05) is 54.6 Å². The number of nitrogens with one attached hydrogen (secondary N) is 1. The third-order valence-electron chi connectivity index (χ3n) is 8.43. The first-order valence-electron chi connectivity index (χ1n) is 14.3. The molecule has 2 saturated heterocycles. The molecule has 0 aromatic heterocycles. The van der Waals surface area contributed by atoms with E-state index >= 15 is 0 Å². The lowest BCUT2D eigenvalue weighted by atomic mass is 9.77. The fourth-order valence-electron chi connectivity index (χ4n) is 6.52. The highest BCUT2D eigenvalue weighted by molar-refractivity contribution is 6.00. The maximum Gasteiger partial charge on any atom is 0.306 e. The predicted octanol–water partition coefficient (Wildman–Crippen LogP) is 1.90. The van der Waals surface area contributed by atoms with E-state index in [2.05, 4.69) is 5.32 Å². The second-order valence-electron chi connectivity index (χ2n) is 12.1. The summed E-state index contributed by atoms with van der Waals surface area (Å²) in [4.78, 5) is 58.2. The van der Waals surface area contributed by atoms with Crippen LogP contribution in [-0.2, 0) is 28.7 Å².